The number of piperidine rings is 1. The molecule has 0 bridgehead atoms. The number of aromatic nitrogens is 1. The summed E-state index contributed by atoms with van der Waals surface area (Å²) in [5.74, 6) is 1.41. The second-order valence-electron chi connectivity index (χ2n) is 9.39. The first-order chi connectivity index (χ1) is 16.5. The lowest BCUT2D eigenvalue weighted by Crippen LogP contribution is -2.44. The minimum Gasteiger partial charge on any atom is -0.508 e. The number of phenols is 2. The molecule has 34 heavy (non-hydrogen) atoms. The van der Waals surface area contributed by atoms with Gasteiger partial charge in [0.05, 0.1) is 0 Å². The van der Waals surface area contributed by atoms with Crippen LogP contribution in [0.5, 0.6) is 17.2 Å². The summed E-state index contributed by atoms with van der Waals surface area (Å²) in [6.07, 6.45) is 4.41. The minimum absolute atomic E-state index is 0.0823. The topological polar surface area (TPSA) is 77.5 Å². The number of benzene rings is 3. The van der Waals surface area contributed by atoms with E-state index in [4.69, 9.17) is 4.74 Å². The fourth-order valence-electron chi connectivity index (χ4n) is 5.10. The van der Waals surface area contributed by atoms with Crippen LogP contribution in [0.15, 0.2) is 60.7 Å². The first kappa shape index (κ1) is 22.4. The molecule has 2 heterocycles. The molecule has 4 aromatic rings. The van der Waals surface area contributed by atoms with Crippen molar-refractivity contribution in [3.05, 3.63) is 77.5 Å². The fraction of sp³-hybridized carbons (Fsp3) is 0.310. The van der Waals surface area contributed by atoms with Crippen molar-refractivity contribution in [2.24, 2.45) is 0 Å². The van der Waals surface area contributed by atoms with Gasteiger partial charge >= 0.3 is 0 Å². The molecule has 4 N–H and O–H groups in total. The lowest BCUT2D eigenvalue weighted by Gasteiger charge is -2.30. The summed E-state index contributed by atoms with van der Waals surface area (Å²) in [4.78, 5) is 3.48. The standard InChI is InChI=1S/C29H32N2O3/c1-18-28(34-19(2)26-5-3-4-14-30-26)13-8-21(29(18)20-6-9-24(32)10-7-20)15-23-16-22-17-25(33)11-12-27(22)31-23/h6-13,16-17,19,26,30-33H,3-5,14-15H2,1-2H3. The molecule has 5 heteroatoms. The monoisotopic (exact) mass is 456 g/mol. The van der Waals surface area contributed by atoms with Crippen molar-refractivity contribution in [1.82, 2.24) is 10.3 Å². The molecule has 2 unspecified atom stereocenters. The molecule has 1 fully saturated rings. The molecule has 176 valence electrons. The molecule has 2 atom stereocenters. The van der Waals surface area contributed by atoms with E-state index in [1.807, 2.05) is 18.2 Å². The van der Waals surface area contributed by atoms with Crippen molar-refractivity contribution >= 4 is 10.9 Å². The van der Waals surface area contributed by atoms with Crippen LogP contribution in [0.1, 0.15) is 43.0 Å². The molecule has 0 saturated carbocycles. The molecule has 0 spiro atoms. The van der Waals surface area contributed by atoms with Crippen LogP contribution in [-0.4, -0.2) is 33.9 Å². The number of aromatic hydroxyl groups is 2. The first-order valence-corrected chi connectivity index (χ1v) is 12.1. The average Bonchev–Trinajstić information content (AvgIpc) is 3.23. The highest BCUT2D eigenvalue weighted by Crippen LogP contribution is 2.36. The molecule has 5 rings (SSSR count). The number of rotatable bonds is 6. The van der Waals surface area contributed by atoms with Crippen LogP contribution in [-0.2, 0) is 6.42 Å². The van der Waals surface area contributed by atoms with Crippen LogP contribution in [0.3, 0.4) is 0 Å². The van der Waals surface area contributed by atoms with Gasteiger partial charge in [0.1, 0.15) is 23.4 Å². The van der Waals surface area contributed by atoms with E-state index in [1.54, 1.807) is 24.3 Å². The molecule has 1 aliphatic rings. The van der Waals surface area contributed by atoms with Crippen molar-refractivity contribution in [3.8, 4) is 28.4 Å². The number of hydrogen-bond acceptors (Lipinski definition) is 4. The van der Waals surface area contributed by atoms with Gasteiger partial charge in [-0.2, -0.15) is 0 Å². The van der Waals surface area contributed by atoms with Crippen molar-refractivity contribution in [2.45, 2.75) is 51.7 Å². The van der Waals surface area contributed by atoms with Crippen LogP contribution in [0.25, 0.3) is 22.0 Å². The Morgan fingerprint density at radius 2 is 1.76 bits per heavy atom. The zero-order valence-corrected chi connectivity index (χ0v) is 19.8. The van der Waals surface area contributed by atoms with Gasteiger partial charge in [-0.3, -0.25) is 0 Å². The van der Waals surface area contributed by atoms with Gasteiger partial charge in [0.2, 0.25) is 0 Å². The number of phenolic OH excluding ortho intramolecular Hbond substituents is 2. The van der Waals surface area contributed by atoms with Gasteiger partial charge in [-0.1, -0.05) is 24.6 Å². The van der Waals surface area contributed by atoms with Gasteiger partial charge in [0, 0.05) is 29.1 Å². The molecular formula is C29H32N2O3. The maximum atomic E-state index is 9.84. The van der Waals surface area contributed by atoms with Crippen LogP contribution in [0, 0.1) is 6.92 Å². The Kier molecular flexibility index (Phi) is 6.20. The third-order valence-electron chi connectivity index (χ3n) is 6.93. The predicted molar refractivity (Wildman–Crippen MR) is 137 cm³/mol. The smallest absolute Gasteiger partial charge is 0.123 e. The van der Waals surface area contributed by atoms with Crippen molar-refractivity contribution in [1.29, 1.82) is 0 Å². The molecule has 5 nitrogen and oxygen atoms in total. The third-order valence-corrected chi connectivity index (χ3v) is 6.93. The maximum Gasteiger partial charge on any atom is 0.123 e. The Balaban J connectivity index is 1.51. The summed E-state index contributed by atoms with van der Waals surface area (Å²) in [5, 5.41) is 24.3. The third kappa shape index (κ3) is 4.62. The largest absolute Gasteiger partial charge is 0.508 e. The van der Waals surface area contributed by atoms with Crippen LogP contribution in [0.2, 0.25) is 0 Å². The second-order valence-corrected chi connectivity index (χ2v) is 9.39. The molecular weight excluding hydrogens is 424 g/mol. The summed E-state index contributed by atoms with van der Waals surface area (Å²) in [7, 11) is 0. The van der Waals surface area contributed by atoms with Gasteiger partial charge < -0.3 is 25.3 Å². The molecule has 1 aromatic heterocycles. The fourth-order valence-corrected chi connectivity index (χ4v) is 5.10. The summed E-state index contributed by atoms with van der Waals surface area (Å²) in [6, 6.07) is 19.4. The predicted octanol–water partition coefficient (Wildman–Crippen LogP) is 6.05. The molecule has 0 radical (unpaired) electrons. The van der Waals surface area contributed by atoms with E-state index in [0.29, 0.717) is 12.5 Å². The van der Waals surface area contributed by atoms with Crippen molar-refractivity contribution in [3.63, 3.8) is 0 Å². The van der Waals surface area contributed by atoms with Crippen molar-refractivity contribution in [2.75, 3.05) is 6.54 Å². The van der Waals surface area contributed by atoms with Gasteiger partial charge in [-0.15, -0.1) is 0 Å². The van der Waals surface area contributed by atoms with Crippen molar-refractivity contribution < 1.29 is 14.9 Å². The molecule has 3 aromatic carbocycles. The SMILES string of the molecule is Cc1c(OC(C)C2CCCCN2)ccc(Cc2cc3cc(O)ccc3[nH]2)c1-c1ccc(O)cc1. The number of nitrogens with one attached hydrogen (secondary N) is 2. The number of fused-ring (bicyclic) bond motifs is 1. The quantitative estimate of drug-likeness (QED) is 0.285. The molecule has 0 aliphatic carbocycles. The second kappa shape index (κ2) is 9.43. The minimum atomic E-state index is 0.0823. The average molecular weight is 457 g/mol. The Bertz CT molecular complexity index is 1290. The highest BCUT2D eigenvalue weighted by atomic mass is 16.5. The number of ether oxygens (including phenoxy) is 1. The lowest BCUT2D eigenvalue weighted by atomic mass is 9.91. The van der Waals surface area contributed by atoms with Gasteiger partial charge in [-0.05, 0) is 98.0 Å². The Morgan fingerprint density at radius 1 is 0.971 bits per heavy atom. The summed E-state index contributed by atoms with van der Waals surface area (Å²) in [6.45, 7) is 5.32. The lowest BCUT2D eigenvalue weighted by molar-refractivity contribution is 0.152. The zero-order valence-electron chi connectivity index (χ0n) is 19.8. The van der Waals surface area contributed by atoms with E-state index >= 15 is 0 Å². The Hall–Kier alpha value is -3.44. The molecule has 1 saturated heterocycles. The van der Waals surface area contributed by atoms with E-state index in [-0.39, 0.29) is 17.6 Å². The highest BCUT2D eigenvalue weighted by Gasteiger charge is 2.23. The van der Waals surface area contributed by atoms with E-state index < -0.39 is 0 Å². The number of hydrogen-bond donors (Lipinski definition) is 4. The normalized spacial score (nSPS) is 17.1. The van der Waals surface area contributed by atoms with Gasteiger partial charge in [0.25, 0.3) is 0 Å². The summed E-state index contributed by atoms with van der Waals surface area (Å²) >= 11 is 0. The van der Waals surface area contributed by atoms with Crippen LogP contribution >= 0.6 is 0 Å². The van der Waals surface area contributed by atoms with E-state index in [2.05, 4.69) is 42.3 Å². The van der Waals surface area contributed by atoms with Crippen LogP contribution in [0.4, 0.5) is 0 Å². The van der Waals surface area contributed by atoms with Gasteiger partial charge in [0.15, 0.2) is 0 Å². The summed E-state index contributed by atoms with van der Waals surface area (Å²) < 4.78 is 6.49. The zero-order chi connectivity index (χ0) is 23.7. The molecule has 1 aliphatic heterocycles. The maximum absolute atomic E-state index is 9.84. The van der Waals surface area contributed by atoms with E-state index in [0.717, 1.165) is 52.0 Å². The first-order valence-electron chi connectivity index (χ1n) is 12.1. The van der Waals surface area contributed by atoms with Crippen LogP contribution < -0.4 is 10.1 Å². The Morgan fingerprint density at radius 3 is 2.53 bits per heavy atom. The number of aromatic amines is 1. The summed E-state index contributed by atoms with van der Waals surface area (Å²) in [5.41, 5.74) is 6.53. The van der Waals surface area contributed by atoms with Gasteiger partial charge in [-0.25, -0.2) is 0 Å². The van der Waals surface area contributed by atoms with E-state index in [1.165, 1.54) is 18.4 Å². The molecule has 0 amide bonds. The number of H-pyrrole nitrogens is 1. The Labute approximate surface area is 200 Å². The highest BCUT2D eigenvalue weighted by molar-refractivity contribution is 5.82. The van der Waals surface area contributed by atoms with E-state index in [9.17, 15) is 10.2 Å².